The van der Waals surface area contributed by atoms with Crippen LogP contribution in [-0.4, -0.2) is 46.9 Å². The molecule has 1 aliphatic rings. The van der Waals surface area contributed by atoms with Gasteiger partial charge in [-0.05, 0) is 37.5 Å². The number of nitrogens with one attached hydrogen (secondary N) is 1. The highest BCUT2D eigenvalue weighted by atomic mass is 16.5. The Hall–Kier alpha value is -2.96. The third-order valence-corrected chi connectivity index (χ3v) is 4.43. The van der Waals surface area contributed by atoms with Gasteiger partial charge in [-0.15, -0.1) is 0 Å². The Bertz CT molecular complexity index is 792. The molecule has 1 saturated heterocycles. The topological polar surface area (TPSA) is 84.4 Å². The lowest BCUT2D eigenvalue weighted by Crippen LogP contribution is -2.44. The number of hydrogen-bond donors (Lipinski definition) is 1. The van der Waals surface area contributed by atoms with Gasteiger partial charge in [0.2, 0.25) is 5.91 Å². The van der Waals surface area contributed by atoms with Crippen LogP contribution in [0.4, 0.5) is 5.82 Å². The van der Waals surface area contributed by atoms with E-state index in [-0.39, 0.29) is 17.7 Å². The number of carbonyl (C=O) groups excluding carboxylic acids is 2. The number of methoxy groups -OCH3 is 1. The van der Waals surface area contributed by atoms with Gasteiger partial charge in [0, 0.05) is 31.5 Å². The van der Waals surface area contributed by atoms with Crippen LogP contribution in [0.25, 0.3) is 0 Å². The van der Waals surface area contributed by atoms with Crippen LogP contribution >= 0.6 is 0 Å². The van der Waals surface area contributed by atoms with Crippen molar-refractivity contribution in [2.24, 2.45) is 5.92 Å². The first-order valence-electron chi connectivity index (χ1n) is 8.59. The average Bonchev–Trinajstić information content (AvgIpc) is 2.69. The molecule has 0 aromatic carbocycles. The summed E-state index contributed by atoms with van der Waals surface area (Å²) < 4.78 is 5.14. The lowest BCUT2D eigenvalue weighted by molar-refractivity contribution is -0.121. The van der Waals surface area contributed by atoms with E-state index in [9.17, 15) is 9.59 Å². The molecule has 0 bridgehead atoms. The number of aromatic nitrogens is 2. The molecule has 0 aliphatic carbocycles. The van der Waals surface area contributed by atoms with E-state index in [0.29, 0.717) is 30.4 Å². The maximum atomic E-state index is 12.7. The molecule has 0 saturated carbocycles. The fraction of sp³-hybridized carbons (Fsp3) is 0.368. The molecule has 7 heteroatoms. The van der Waals surface area contributed by atoms with Crippen molar-refractivity contribution in [2.45, 2.75) is 19.8 Å². The van der Waals surface area contributed by atoms with Gasteiger partial charge in [-0.3, -0.25) is 14.6 Å². The van der Waals surface area contributed by atoms with Crippen molar-refractivity contribution < 1.29 is 14.3 Å². The molecular weight excluding hydrogens is 332 g/mol. The van der Waals surface area contributed by atoms with Crippen LogP contribution in [0.5, 0.6) is 5.75 Å². The fourth-order valence-corrected chi connectivity index (χ4v) is 2.96. The van der Waals surface area contributed by atoms with Gasteiger partial charge in [0.1, 0.15) is 17.3 Å². The Balaban J connectivity index is 1.65. The standard InChI is InChI=1S/C19H22N4O3/c1-13-5-6-17(21-11-13)22-18(24)14-4-3-9-23(12-14)19(25)16-10-15(26-2)7-8-20-16/h5-8,10-11,14H,3-4,9,12H2,1-2H3,(H,21,22,24)/t14-/m1/s1. The molecule has 2 aromatic rings. The van der Waals surface area contributed by atoms with E-state index in [4.69, 9.17) is 4.74 Å². The van der Waals surface area contributed by atoms with Crippen molar-refractivity contribution in [3.05, 3.63) is 47.9 Å². The molecule has 1 atom stereocenters. The highest BCUT2D eigenvalue weighted by molar-refractivity contribution is 5.95. The first kappa shape index (κ1) is 17.8. The summed E-state index contributed by atoms with van der Waals surface area (Å²) in [5.74, 6) is 0.548. The first-order valence-corrected chi connectivity index (χ1v) is 8.59. The smallest absolute Gasteiger partial charge is 0.272 e. The second-order valence-corrected chi connectivity index (χ2v) is 6.38. The highest BCUT2D eigenvalue weighted by Crippen LogP contribution is 2.21. The first-order chi connectivity index (χ1) is 12.6. The molecule has 3 rings (SSSR count). The van der Waals surface area contributed by atoms with Gasteiger partial charge < -0.3 is 15.0 Å². The van der Waals surface area contributed by atoms with Crippen LogP contribution in [-0.2, 0) is 4.79 Å². The summed E-state index contributed by atoms with van der Waals surface area (Å²) in [5.41, 5.74) is 1.36. The Morgan fingerprint density at radius 2 is 2.12 bits per heavy atom. The number of nitrogens with zero attached hydrogens (tertiary/aromatic N) is 3. The fourth-order valence-electron chi connectivity index (χ4n) is 2.96. The molecule has 1 N–H and O–H groups in total. The summed E-state index contributed by atoms with van der Waals surface area (Å²) in [6.45, 7) is 2.93. The molecule has 2 amide bonds. The predicted molar refractivity (Wildman–Crippen MR) is 97.0 cm³/mol. The molecule has 1 aliphatic heterocycles. The van der Waals surface area contributed by atoms with E-state index in [2.05, 4.69) is 15.3 Å². The molecule has 136 valence electrons. The summed E-state index contributed by atoms with van der Waals surface area (Å²) in [7, 11) is 1.55. The molecular formula is C19H22N4O3. The number of carbonyl (C=O) groups is 2. The number of rotatable bonds is 4. The van der Waals surface area contributed by atoms with E-state index in [1.54, 1.807) is 42.6 Å². The molecule has 26 heavy (non-hydrogen) atoms. The number of piperidine rings is 1. The maximum absolute atomic E-state index is 12.7. The Morgan fingerprint density at radius 3 is 2.85 bits per heavy atom. The van der Waals surface area contributed by atoms with Crippen molar-refractivity contribution in [3.8, 4) is 5.75 Å². The van der Waals surface area contributed by atoms with E-state index >= 15 is 0 Å². The average molecular weight is 354 g/mol. The summed E-state index contributed by atoms with van der Waals surface area (Å²) in [6.07, 6.45) is 4.77. The van der Waals surface area contributed by atoms with E-state index < -0.39 is 0 Å². The van der Waals surface area contributed by atoms with Crippen molar-refractivity contribution in [1.29, 1.82) is 0 Å². The molecule has 1 fully saturated rings. The molecule has 3 heterocycles. The van der Waals surface area contributed by atoms with E-state index in [1.165, 1.54) is 0 Å². The SMILES string of the molecule is COc1ccnc(C(=O)N2CCC[C@@H](C(=O)Nc3ccc(C)cn3)C2)c1. The number of amides is 2. The third-order valence-electron chi connectivity index (χ3n) is 4.43. The van der Waals surface area contributed by atoms with Crippen LogP contribution in [0.15, 0.2) is 36.7 Å². The van der Waals surface area contributed by atoms with Gasteiger partial charge in [-0.25, -0.2) is 4.98 Å². The van der Waals surface area contributed by atoms with Gasteiger partial charge in [-0.1, -0.05) is 6.07 Å². The number of anilines is 1. The van der Waals surface area contributed by atoms with Gasteiger partial charge in [0.25, 0.3) is 5.91 Å². The van der Waals surface area contributed by atoms with Gasteiger partial charge in [0.15, 0.2) is 0 Å². The maximum Gasteiger partial charge on any atom is 0.272 e. The van der Waals surface area contributed by atoms with Crippen LogP contribution in [0.1, 0.15) is 28.9 Å². The number of hydrogen-bond acceptors (Lipinski definition) is 5. The molecule has 0 unspecified atom stereocenters. The number of pyridine rings is 2. The zero-order chi connectivity index (χ0) is 18.5. The van der Waals surface area contributed by atoms with Gasteiger partial charge >= 0.3 is 0 Å². The lowest BCUT2D eigenvalue weighted by atomic mass is 9.97. The zero-order valence-electron chi connectivity index (χ0n) is 14.9. The Labute approximate surface area is 152 Å². The second-order valence-electron chi connectivity index (χ2n) is 6.38. The predicted octanol–water partition coefficient (Wildman–Crippen LogP) is 2.28. The van der Waals surface area contributed by atoms with Gasteiger partial charge in [0.05, 0.1) is 13.0 Å². The van der Waals surface area contributed by atoms with Crippen molar-refractivity contribution >= 4 is 17.6 Å². The third kappa shape index (κ3) is 4.17. The highest BCUT2D eigenvalue weighted by Gasteiger charge is 2.29. The van der Waals surface area contributed by atoms with Crippen molar-refractivity contribution in [2.75, 3.05) is 25.5 Å². The minimum Gasteiger partial charge on any atom is -0.497 e. The van der Waals surface area contributed by atoms with E-state index in [0.717, 1.165) is 18.4 Å². The molecule has 0 spiro atoms. The van der Waals surface area contributed by atoms with Crippen LogP contribution in [0, 0.1) is 12.8 Å². The second kappa shape index (κ2) is 7.95. The normalized spacial score (nSPS) is 16.8. The zero-order valence-corrected chi connectivity index (χ0v) is 14.9. The van der Waals surface area contributed by atoms with Crippen LogP contribution in [0.2, 0.25) is 0 Å². The quantitative estimate of drug-likeness (QED) is 0.911. The summed E-state index contributed by atoms with van der Waals surface area (Å²) >= 11 is 0. The monoisotopic (exact) mass is 354 g/mol. The number of ether oxygens (including phenoxy) is 1. The Kier molecular flexibility index (Phi) is 5.46. The van der Waals surface area contributed by atoms with Gasteiger partial charge in [-0.2, -0.15) is 0 Å². The lowest BCUT2D eigenvalue weighted by Gasteiger charge is -2.31. The summed E-state index contributed by atoms with van der Waals surface area (Å²) in [6, 6.07) is 6.98. The minimum atomic E-state index is -0.263. The number of likely N-dealkylation sites (tertiary alicyclic amines) is 1. The molecule has 0 radical (unpaired) electrons. The number of aryl methyl sites for hydroxylation is 1. The summed E-state index contributed by atoms with van der Waals surface area (Å²) in [4.78, 5) is 35.2. The van der Waals surface area contributed by atoms with Crippen molar-refractivity contribution in [1.82, 2.24) is 14.9 Å². The summed E-state index contributed by atoms with van der Waals surface area (Å²) in [5, 5.41) is 2.83. The van der Waals surface area contributed by atoms with Crippen LogP contribution in [0.3, 0.4) is 0 Å². The Morgan fingerprint density at radius 1 is 1.27 bits per heavy atom. The van der Waals surface area contributed by atoms with E-state index in [1.807, 2.05) is 13.0 Å². The van der Waals surface area contributed by atoms with Crippen molar-refractivity contribution in [3.63, 3.8) is 0 Å². The molecule has 2 aromatic heterocycles. The molecule has 7 nitrogen and oxygen atoms in total. The largest absolute Gasteiger partial charge is 0.497 e. The minimum absolute atomic E-state index is 0.113. The van der Waals surface area contributed by atoms with Crippen LogP contribution < -0.4 is 10.1 Å².